The van der Waals surface area contributed by atoms with E-state index >= 15 is 0 Å². The predicted octanol–water partition coefficient (Wildman–Crippen LogP) is 2.06. The fraction of sp³-hybridized carbons (Fsp3) is 0.611. The topological polar surface area (TPSA) is 79.8 Å². The van der Waals surface area contributed by atoms with Crippen molar-refractivity contribution in [3.05, 3.63) is 23.8 Å². The van der Waals surface area contributed by atoms with E-state index in [9.17, 15) is 9.90 Å². The molecule has 2 fully saturated rings. The lowest BCUT2D eigenvalue weighted by molar-refractivity contribution is -0.0163. The number of methoxy groups -OCH3 is 2. The third-order valence-electron chi connectivity index (χ3n) is 5.32. The number of hydrogen-bond acceptors (Lipinski definition) is 4. The zero-order chi connectivity index (χ0) is 17.2. The molecule has 3 rings (SSSR count). The quantitative estimate of drug-likeness (QED) is 0.713. The van der Waals surface area contributed by atoms with E-state index in [1.54, 1.807) is 14.2 Å². The molecule has 6 heteroatoms. The molecule has 2 aliphatic rings. The van der Waals surface area contributed by atoms with Gasteiger partial charge in [0.2, 0.25) is 0 Å². The first-order valence-corrected chi connectivity index (χ1v) is 8.37. The first kappa shape index (κ1) is 16.9. The number of aliphatic hydroxyl groups excluding tert-OH is 1. The lowest BCUT2D eigenvalue weighted by Gasteiger charge is -2.47. The third-order valence-corrected chi connectivity index (χ3v) is 5.32. The number of hydrogen-bond donors (Lipinski definition) is 3. The van der Waals surface area contributed by atoms with E-state index in [2.05, 4.69) is 10.6 Å². The molecular weight excluding hydrogens is 308 g/mol. The van der Waals surface area contributed by atoms with Crippen LogP contribution in [0.4, 0.5) is 4.79 Å². The van der Waals surface area contributed by atoms with Crippen molar-refractivity contribution in [2.75, 3.05) is 27.4 Å². The van der Waals surface area contributed by atoms with E-state index < -0.39 is 0 Å². The minimum absolute atomic E-state index is 0.114. The second kappa shape index (κ2) is 6.51. The van der Waals surface area contributed by atoms with Gasteiger partial charge in [-0.1, -0.05) is 6.07 Å². The van der Waals surface area contributed by atoms with Gasteiger partial charge in [-0.05, 0) is 48.8 Å². The average Bonchev–Trinajstić information content (AvgIpc) is 3.37. The van der Waals surface area contributed by atoms with Gasteiger partial charge in [0, 0.05) is 18.5 Å². The molecule has 0 unspecified atom stereocenters. The third kappa shape index (κ3) is 3.43. The molecule has 0 heterocycles. The SMILES string of the molecule is COc1ccc(CNC(=O)NCC2(CO)CC3(CC3)C2)cc1OC. The van der Waals surface area contributed by atoms with Crippen molar-refractivity contribution in [1.82, 2.24) is 10.6 Å². The maximum absolute atomic E-state index is 12.0. The van der Waals surface area contributed by atoms with Gasteiger partial charge in [-0.25, -0.2) is 4.79 Å². The lowest BCUT2D eigenvalue weighted by Crippen LogP contribution is -2.51. The Kier molecular flexibility index (Phi) is 4.58. The van der Waals surface area contributed by atoms with Crippen molar-refractivity contribution in [3.8, 4) is 11.5 Å². The van der Waals surface area contributed by atoms with E-state index in [0.717, 1.165) is 18.4 Å². The zero-order valence-corrected chi connectivity index (χ0v) is 14.4. The summed E-state index contributed by atoms with van der Waals surface area (Å²) in [6.45, 7) is 1.08. The summed E-state index contributed by atoms with van der Waals surface area (Å²) in [7, 11) is 3.17. The molecule has 6 nitrogen and oxygen atoms in total. The number of urea groups is 1. The Morgan fingerprint density at radius 2 is 1.88 bits per heavy atom. The Bertz CT molecular complexity index is 605. The van der Waals surface area contributed by atoms with Gasteiger partial charge in [0.25, 0.3) is 0 Å². The average molecular weight is 334 g/mol. The van der Waals surface area contributed by atoms with E-state index in [-0.39, 0.29) is 18.1 Å². The molecule has 2 aliphatic carbocycles. The van der Waals surface area contributed by atoms with Gasteiger partial charge in [-0.2, -0.15) is 0 Å². The number of amides is 2. The second-order valence-corrected chi connectivity index (χ2v) is 7.24. The molecule has 132 valence electrons. The highest BCUT2D eigenvalue weighted by Crippen LogP contribution is 2.68. The van der Waals surface area contributed by atoms with Crippen molar-refractivity contribution in [1.29, 1.82) is 0 Å². The van der Waals surface area contributed by atoms with Crippen LogP contribution in [0, 0.1) is 10.8 Å². The van der Waals surface area contributed by atoms with Crippen molar-refractivity contribution < 1.29 is 19.4 Å². The van der Waals surface area contributed by atoms with Crippen LogP contribution < -0.4 is 20.1 Å². The van der Waals surface area contributed by atoms with Gasteiger partial charge in [-0.3, -0.25) is 0 Å². The van der Waals surface area contributed by atoms with Crippen LogP contribution in [0.25, 0.3) is 0 Å². The lowest BCUT2D eigenvalue weighted by atomic mass is 9.60. The summed E-state index contributed by atoms with van der Waals surface area (Å²) in [5.74, 6) is 1.30. The van der Waals surface area contributed by atoms with Crippen LogP contribution in [-0.2, 0) is 6.54 Å². The number of benzene rings is 1. The number of carbonyl (C=O) groups excluding carboxylic acids is 1. The fourth-order valence-electron chi connectivity index (χ4n) is 3.87. The zero-order valence-electron chi connectivity index (χ0n) is 14.4. The highest BCUT2D eigenvalue weighted by molar-refractivity contribution is 5.73. The van der Waals surface area contributed by atoms with Crippen molar-refractivity contribution in [2.45, 2.75) is 32.2 Å². The Labute approximate surface area is 142 Å². The summed E-state index contributed by atoms with van der Waals surface area (Å²) >= 11 is 0. The number of ether oxygens (including phenoxy) is 2. The highest BCUT2D eigenvalue weighted by atomic mass is 16.5. The summed E-state index contributed by atoms with van der Waals surface area (Å²) < 4.78 is 10.5. The number of nitrogens with one attached hydrogen (secondary N) is 2. The van der Waals surface area contributed by atoms with Gasteiger partial charge in [0.1, 0.15) is 0 Å². The minimum atomic E-state index is -0.214. The molecule has 0 bridgehead atoms. The Morgan fingerprint density at radius 3 is 2.46 bits per heavy atom. The molecule has 24 heavy (non-hydrogen) atoms. The molecule has 0 radical (unpaired) electrons. The van der Waals surface area contributed by atoms with E-state index in [1.165, 1.54) is 12.8 Å². The summed E-state index contributed by atoms with van der Waals surface area (Å²) in [4.78, 5) is 12.0. The van der Waals surface area contributed by atoms with Gasteiger partial charge >= 0.3 is 6.03 Å². The van der Waals surface area contributed by atoms with Crippen molar-refractivity contribution in [3.63, 3.8) is 0 Å². The van der Waals surface area contributed by atoms with Crippen LogP contribution in [0.1, 0.15) is 31.2 Å². The van der Waals surface area contributed by atoms with Crippen LogP contribution in [0.3, 0.4) is 0 Å². The molecule has 3 N–H and O–H groups in total. The van der Waals surface area contributed by atoms with Gasteiger partial charge in [0.15, 0.2) is 11.5 Å². The van der Waals surface area contributed by atoms with Crippen LogP contribution in [0.15, 0.2) is 18.2 Å². The highest BCUT2D eigenvalue weighted by Gasteiger charge is 2.60. The number of carbonyl (C=O) groups is 1. The monoisotopic (exact) mass is 334 g/mol. The van der Waals surface area contributed by atoms with Crippen molar-refractivity contribution >= 4 is 6.03 Å². The van der Waals surface area contributed by atoms with Crippen LogP contribution in [0.2, 0.25) is 0 Å². The molecule has 1 aromatic carbocycles. The summed E-state index contributed by atoms with van der Waals surface area (Å²) in [5.41, 5.74) is 1.32. The predicted molar refractivity (Wildman–Crippen MR) is 90.2 cm³/mol. The normalized spacial score (nSPS) is 19.3. The molecule has 0 atom stereocenters. The summed E-state index contributed by atoms with van der Waals surface area (Å²) in [6, 6.07) is 5.34. The standard InChI is InChI=1S/C18H26N2O4/c1-23-14-4-3-13(7-15(14)24-2)8-19-16(22)20-11-18(12-21)9-17(10-18)5-6-17/h3-4,7,21H,5-6,8-12H2,1-2H3,(H2,19,20,22). The van der Waals surface area contributed by atoms with Crippen LogP contribution in [-0.4, -0.2) is 38.5 Å². The van der Waals surface area contributed by atoms with E-state index in [0.29, 0.717) is 30.0 Å². The molecule has 2 amide bonds. The summed E-state index contributed by atoms with van der Waals surface area (Å²) in [5, 5.41) is 15.4. The Balaban J connectivity index is 1.45. The molecular formula is C18H26N2O4. The second-order valence-electron chi connectivity index (χ2n) is 7.24. The molecule has 2 saturated carbocycles. The van der Waals surface area contributed by atoms with E-state index in [1.807, 2.05) is 18.2 Å². The van der Waals surface area contributed by atoms with Crippen LogP contribution >= 0.6 is 0 Å². The maximum atomic E-state index is 12.0. The first-order valence-electron chi connectivity index (χ1n) is 8.37. The van der Waals surface area contributed by atoms with Crippen molar-refractivity contribution in [2.24, 2.45) is 10.8 Å². The largest absolute Gasteiger partial charge is 0.493 e. The maximum Gasteiger partial charge on any atom is 0.315 e. The van der Waals surface area contributed by atoms with E-state index in [4.69, 9.17) is 9.47 Å². The van der Waals surface area contributed by atoms with Gasteiger partial charge < -0.3 is 25.2 Å². The van der Waals surface area contributed by atoms with Gasteiger partial charge in [-0.15, -0.1) is 0 Å². The fourth-order valence-corrected chi connectivity index (χ4v) is 3.87. The molecule has 0 aromatic heterocycles. The number of aliphatic hydroxyl groups is 1. The van der Waals surface area contributed by atoms with Gasteiger partial charge in [0.05, 0.1) is 20.8 Å². The van der Waals surface area contributed by atoms with Crippen LogP contribution in [0.5, 0.6) is 11.5 Å². The molecule has 0 aliphatic heterocycles. The smallest absolute Gasteiger partial charge is 0.315 e. The molecule has 1 spiro atoms. The summed E-state index contributed by atoms with van der Waals surface area (Å²) in [6.07, 6.45) is 4.62. The molecule has 0 saturated heterocycles. The Morgan fingerprint density at radius 1 is 1.17 bits per heavy atom. The Hall–Kier alpha value is -1.95. The molecule has 1 aromatic rings. The first-order chi connectivity index (χ1) is 11.5. The minimum Gasteiger partial charge on any atom is -0.493 e. The number of rotatable bonds is 7.